The topological polar surface area (TPSA) is 68.2 Å². The van der Waals surface area contributed by atoms with Crippen molar-refractivity contribution in [3.8, 4) is 5.75 Å². The van der Waals surface area contributed by atoms with Gasteiger partial charge in [-0.25, -0.2) is 9.78 Å². The fraction of sp³-hybridized carbons (Fsp3) is 0.500. The molecule has 2 aromatic rings. The van der Waals surface area contributed by atoms with E-state index < -0.39 is 0 Å². The van der Waals surface area contributed by atoms with Gasteiger partial charge >= 0.3 is 6.03 Å². The minimum Gasteiger partial charge on any atom is -0.497 e. The van der Waals surface area contributed by atoms with Crippen molar-refractivity contribution in [2.45, 2.75) is 44.7 Å². The van der Waals surface area contributed by atoms with Gasteiger partial charge in [0.1, 0.15) is 17.6 Å². The average molecular weight is 356 g/mol. The van der Waals surface area contributed by atoms with E-state index in [-0.39, 0.29) is 18.1 Å². The number of carbonyl (C=O) groups excluding carboxylic acids is 1. The summed E-state index contributed by atoms with van der Waals surface area (Å²) in [5.41, 5.74) is 0.965. The maximum Gasteiger partial charge on any atom is 0.315 e. The number of hydrogen-bond donors (Lipinski definition) is 2. The van der Waals surface area contributed by atoms with Crippen molar-refractivity contribution >= 4 is 6.03 Å². The van der Waals surface area contributed by atoms with Crippen molar-refractivity contribution in [2.75, 3.05) is 7.11 Å². The lowest BCUT2D eigenvalue weighted by atomic mass is 9.87. The summed E-state index contributed by atoms with van der Waals surface area (Å²) in [7, 11) is 3.57. The normalized spacial score (nSPS) is 21.0. The lowest BCUT2D eigenvalue weighted by Crippen LogP contribution is -2.45. The highest BCUT2D eigenvalue weighted by atomic mass is 16.5. The second-order valence-corrected chi connectivity index (χ2v) is 7.18. The number of benzene rings is 1. The summed E-state index contributed by atoms with van der Waals surface area (Å²) >= 11 is 0. The van der Waals surface area contributed by atoms with Crippen molar-refractivity contribution in [3.05, 3.63) is 48.0 Å². The van der Waals surface area contributed by atoms with Crippen LogP contribution in [0.15, 0.2) is 36.7 Å². The highest BCUT2D eigenvalue weighted by molar-refractivity contribution is 5.75. The van der Waals surface area contributed by atoms with Crippen LogP contribution in [-0.2, 0) is 7.05 Å². The average Bonchev–Trinajstić information content (AvgIpc) is 3.07. The molecule has 2 N–H and O–H groups in total. The van der Waals surface area contributed by atoms with E-state index in [0.29, 0.717) is 0 Å². The predicted molar refractivity (Wildman–Crippen MR) is 101 cm³/mol. The lowest BCUT2D eigenvalue weighted by molar-refractivity contribution is 0.226. The number of nitrogens with one attached hydrogen (secondary N) is 2. The summed E-state index contributed by atoms with van der Waals surface area (Å²) in [6.07, 6.45) is 8.06. The van der Waals surface area contributed by atoms with Crippen LogP contribution in [0.25, 0.3) is 0 Å². The molecule has 1 saturated carbocycles. The summed E-state index contributed by atoms with van der Waals surface area (Å²) in [5.74, 6) is 2.34. The quantitative estimate of drug-likeness (QED) is 0.863. The van der Waals surface area contributed by atoms with Crippen molar-refractivity contribution in [2.24, 2.45) is 13.0 Å². The molecule has 1 atom stereocenters. The van der Waals surface area contributed by atoms with E-state index in [1.807, 2.05) is 42.1 Å². The van der Waals surface area contributed by atoms with Gasteiger partial charge in [-0.1, -0.05) is 19.1 Å². The van der Waals surface area contributed by atoms with E-state index in [1.54, 1.807) is 13.3 Å². The number of nitrogens with zero attached hydrogens (tertiary/aromatic N) is 2. The molecular formula is C20H28N4O2. The minimum absolute atomic E-state index is 0.145. The Morgan fingerprint density at radius 2 is 1.92 bits per heavy atom. The molecule has 1 fully saturated rings. The molecule has 2 amide bonds. The van der Waals surface area contributed by atoms with Gasteiger partial charge in [0.2, 0.25) is 0 Å². The van der Waals surface area contributed by atoms with Gasteiger partial charge in [-0.2, -0.15) is 0 Å². The first-order valence-electron chi connectivity index (χ1n) is 9.25. The number of hydrogen-bond acceptors (Lipinski definition) is 3. The van der Waals surface area contributed by atoms with Gasteiger partial charge in [0, 0.05) is 25.5 Å². The molecule has 1 aromatic heterocycles. The van der Waals surface area contributed by atoms with Crippen LogP contribution in [0.5, 0.6) is 5.75 Å². The number of methoxy groups -OCH3 is 1. The smallest absolute Gasteiger partial charge is 0.315 e. The van der Waals surface area contributed by atoms with Crippen LogP contribution < -0.4 is 15.4 Å². The SMILES string of the molecule is COc1ccc(C(NC(=O)NC2CCC(C)CC2)c2nccn2C)cc1. The first-order chi connectivity index (χ1) is 12.6. The first kappa shape index (κ1) is 18.3. The largest absolute Gasteiger partial charge is 0.497 e. The zero-order valence-electron chi connectivity index (χ0n) is 15.7. The summed E-state index contributed by atoms with van der Waals surface area (Å²) in [4.78, 5) is 17.1. The Kier molecular flexibility index (Phi) is 5.81. The van der Waals surface area contributed by atoms with Crippen molar-refractivity contribution in [1.82, 2.24) is 20.2 Å². The number of urea groups is 1. The summed E-state index contributed by atoms with van der Waals surface area (Å²) in [5, 5.41) is 6.23. The number of ether oxygens (including phenoxy) is 1. The highest BCUT2D eigenvalue weighted by Crippen LogP contribution is 2.25. The molecule has 3 rings (SSSR count). The number of aromatic nitrogens is 2. The number of amides is 2. The fourth-order valence-electron chi connectivity index (χ4n) is 3.51. The first-order valence-corrected chi connectivity index (χ1v) is 9.25. The Balaban J connectivity index is 1.73. The van der Waals surface area contributed by atoms with Crippen LogP contribution in [0.1, 0.15) is 50.0 Å². The molecule has 0 bridgehead atoms. The molecular weight excluding hydrogens is 328 g/mol. The van der Waals surface area contributed by atoms with E-state index >= 15 is 0 Å². The van der Waals surface area contributed by atoms with Crippen LogP contribution in [0.4, 0.5) is 4.79 Å². The molecule has 1 aliphatic carbocycles. The van der Waals surface area contributed by atoms with E-state index in [4.69, 9.17) is 4.74 Å². The Morgan fingerprint density at radius 1 is 1.23 bits per heavy atom. The minimum atomic E-state index is -0.316. The van der Waals surface area contributed by atoms with E-state index in [2.05, 4.69) is 22.5 Å². The van der Waals surface area contributed by atoms with Gasteiger partial charge in [0.15, 0.2) is 0 Å². The molecule has 1 aromatic carbocycles. The van der Waals surface area contributed by atoms with Gasteiger partial charge in [0.25, 0.3) is 0 Å². The third-order valence-corrected chi connectivity index (χ3v) is 5.19. The Hall–Kier alpha value is -2.50. The van der Waals surface area contributed by atoms with Gasteiger partial charge in [-0.3, -0.25) is 0 Å². The molecule has 0 spiro atoms. The van der Waals surface area contributed by atoms with Crippen LogP contribution in [0.3, 0.4) is 0 Å². The van der Waals surface area contributed by atoms with Gasteiger partial charge < -0.3 is 19.9 Å². The Morgan fingerprint density at radius 3 is 2.50 bits per heavy atom. The molecule has 26 heavy (non-hydrogen) atoms. The maximum atomic E-state index is 12.6. The van der Waals surface area contributed by atoms with E-state index in [0.717, 1.165) is 35.9 Å². The fourth-order valence-corrected chi connectivity index (χ4v) is 3.51. The highest BCUT2D eigenvalue weighted by Gasteiger charge is 2.24. The molecule has 6 heteroatoms. The standard InChI is InChI=1S/C20H28N4O2/c1-14-4-8-16(9-5-14)22-20(25)23-18(19-21-12-13-24(19)2)15-6-10-17(26-3)11-7-15/h6-7,10-14,16,18H,4-5,8-9H2,1-3H3,(H2,22,23,25). The summed E-state index contributed by atoms with van der Waals surface area (Å²) < 4.78 is 7.16. The van der Waals surface area contributed by atoms with Crippen molar-refractivity contribution in [3.63, 3.8) is 0 Å². The molecule has 0 aliphatic heterocycles. The third kappa shape index (κ3) is 4.36. The number of aryl methyl sites for hydroxylation is 1. The van der Waals surface area contributed by atoms with Gasteiger partial charge in [-0.05, 0) is 49.3 Å². The Bertz CT molecular complexity index is 718. The second-order valence-electron chi connectivity index (χ2n) is 7.18. The Labute approximate surface area is 155 Å². The van der Waals surface area contributed by atoms with E-state index in [1.165, 1.54) is 12.8 Å². The molecule has 1 heterocycles. The van der Waals surface area contributed by atoms with E-state index in [9.17, 15) is 4.79 Å². The third-order valence-electron chi connectivity index (χ3n) is 5.19. The molecule has 0 radical (unpaired) electrons. The molecule has 6 nitrogen and oxygen atoms in total. The zero-order chi connectivity index (χ0) is 18.5. The van der Waals surface area contributed by atoms with Gasteiger partial charge in [0.05, 0.1) is 7.11 Å². The summed E-state index contributed by atoms with van der Waals surface area (Å²) in [6, 6.07) is 7.50. The number of rotatable bonds is 5. The van der Waals surface area contributed by atoms with Crippen LogP contribution in [0, 0.1) is 5.92 Å². The van der Waals surface area contributed by atoms with Gasteiger partial charge in [-0.15, -0.1) is 0 Å². The lowest BCUT2D eigenvalue weighted by Gasteiger charge is -2.28. The zero-order valence-corrected chi connectivity index (χ0v) is 15.7. The van der Waals surface area contributed by atoms with Crippen molar-refractivity contribution in [1.29, 1.82) is 0 Å². The number of carbonyl (C=O) groups is 1. The monoisotopic (exact) mass is 356 g/mol. The molecule has 0 saturated heterocycles. The van der Waals surface area contributed by atoms with Crippen LogP contribution in [-0.4, -0.2) is 28.7 Å². The number of imidazole rings is 1. The van der Waals surface area contributed by atoms with Crippen LogP contribution >= 0.6 is 0 Å². The molecule has 1 aliphatic rings. The summed E-state index contributed by atoms with van der Waals surface area (Å²) in [6.45, 7) is 2.27. The molecule has 140 valence electrons. The predicted octanol–water partition coefficient (Wildman–Crippen LogP) is 3.40. The van der Waals surface area contributed by atoms with Crippen molar-refractivity contribution < 1.29 is 9.53 Å². The molecule has 1 unspecified atom stereocenters. The van der Waals surface area contributed by atoms with Crippen LogP contribution in [0.2, 0.25) is 0 Å². The maximum absolute atomic E-state index is 12.6. The second kappa shape index (κ2) is 8.25.